The Balaban J connectivity index is 1.68. The van der Waals surface area contributed by atoms with Gasteiger partial charge in [0, 0.05) is 17.5 Å². The minimum atomic E-state index is -0.272. The van der Waals surface area contributed by atoms with Crippen LogP contribution in [0.25, 0.3) is 0 Å². The number of anilines is 1. The first-order valence-electron chi connectivity index (χ1n) is 7.42. The summed E-state index contributed by atoms with van der Waals surface area (Å²) in [7, 11) is 0. The molecule has 0 unspecified atom stereocenters. The van der Waals surface area contributed by atoms with Crippen LogP contribution in [-0.4, -0.2) is 32.5 Å². The van der Waals surface area contributed by atoms with Crippen molar-refractivity contribution in [2.75, 3.05) is 11.9 Å². The molecule has 1 aliphatic carbocycles. The molecule has 0 fully saturated rings. The summed E-state index contributed by atoms with van der Waals surface area (Å²) in [6.45, 7) is 0.550. The highest BCUT2D eigenvalue weighted by Gasteiger charge is 2.25. The van der Waals surface area contributed by atoms with E-state index in [9.17, 15) is 4.79 Å². The lowest BCUT2D eigenvalue weighted by atomic mass is 9.93. The van der Waals surface area contributed by atoms with E-state index in [1.165, 1.54) is 0 Å². The number of fused-ring (bicyclic) bond motifs is 1. The molecule has 2 aromatic heterocycles. The maximum absolute atomic E-state index is 12.1. The molecule has 1 atom stereocenters. The molecule has 0 spiro atoms. The third-order valence-corrected chi connectivity index (χ3v) is 3.79. The van der Waals surface area contributed by atoms with Crippen molar-refractivity contribution >= 4 is 11.8 Å². The van der Waals surface area contributed by atoms with Gasteiger partial charge in [-0.25, -0.2) is 9.78 Å². The Kier molecular flexibility index (Phi) is 4.34. The summed E-state index contributed by atoms with van der Waals surface area (Å²) in [5, 5.41) is 19.1. The predicted molar refractivity (Wildman–Crippen MR) is 81.4 cm³/mol. The van der Waals surface area contributed by atoms with Crippen LogP contribution in [0.3, 0.4) is 0 Å². The van der Waals surface area contributed by atoms with Crippen molar-refractivity contribution in [1.29, 1.82) is 0 Å². The molecule has 2 amide bonds. The standard InChI is InChI=1S/C15H19N5O2/c21-9-8-20-13-5-3-4-12(11(13)10-17-20)18-15(22)19-14-6-1-2-7-16-14/h1-2,6-7,10,12,21H,3-5,8-9H2,(H2,16,18,19,22)/t12-/m1/s1. The molecule has 7 nitrogen and oxygen atoms in total. The SMILES string of the molecule is O=C(Nc1ccccn1)N[C@@H]1CCCc2c1cnn2CCO. The first-order chi connectivity index (χ1) is 10.8. The first kappa shape index (κ1) is 14.5. The lowest BCUT2D eigenvalue weighted by molar-refractivity contribution is 0.246. The number of aliphatic hydroxyl groups excluding tert-OH is 1. The fraction of sp³-hybridized carbons (Fsp3) is 0.400. The number of amides is 2. The number of hydrogen-bond acceptors (Lipinski definition) is 4. The maximum Gasteiger partial charge on any atom is 0.320 e. The second-order valence-corrected chi connectivity index (χ2v) is 5.25. The minimum Gasteiger partial charge on any atom is -0.394 e. The van der Waals surface area contributed by atoms with Crippen molar-refractivity contribution in [2.24, 2.45) is 0 Å². The number of carbonyl (C=O) groups excluding carboxylic acids is 1. The van der Waals surface area contributed by atoms with Crippen LogP contribution in [0.1, 0.15) is 30.1 Å². The average Bonchev–Trinajstić information content (AvgIpc) is 2.93. The molecule has 7 heteroatoms. The van der Waals surface area contributed by atoms with E-state index in [1.807, 2.05) is 10.7 Å². The van der Waals surface area contributed by atoms with E-state index in [-0.39, 0.29) is 18.7 Å². The van der Waals surface area contributed by atoms with Gasteiger partial charge in [0.15, 0.2) is 0 Å². The molecule has 2 heterocycles. The Bertz CT molecular complexity index is 641. The Labute approximate surface area is 128 Å². The fourth-order valence-corrected chi connectivity index (χ4v) is 2.80. The molecule has 2 aromatic rings. The molecule has 0 bridgehead atoms. The quantitative estimate of drug-likeness (QED) is 0.797. The highest BCUT2D eigenvalue weighted by molar-refractivity contribution is 5.88. The van der Waals surface area contributed by atoms with Crippen molar-refractivity contribution in [3.63, 3.8) is 0 Å². The van der Waals surface area contributed by atoms with Gasteiger partial charge >= 0.3 is 6.03 Å². The van der Waals surface area contributed by atoms with Gasteiger partial charge in [0.1, 0.15) is 5.82 Å². The van der Waals surface area contributed by atoms with Gasteiger partial charge in [-0.05, 0) is 31.4 Å². The summed E-state index contributed by atoms with van der Waals surface area (Å²) >= 11 is 0. The van der Waals surface area contributed by atoms with Crippen molar-refractivity contribution in [2.45, 2.75) is 31.8 Å². The molecule has 0 saturated carbocycles. The highest BCUT2D eigenvalue weighted by Crippen LogP contribution is 2.29. The molecule has 0 aliphatic heterocycles. The monoisotopic (exact) mass is 301 g/mol. The van der Waals surface area contributed by atoms with Crippen molar-refractivity contribution < 1.29 is 9.90 Å². The first-order valence-corrected chi connectivity index (χ1v) is 7.42. The Morgan fingerprint density at radius 1 is 1.45 bits per heavy atom. The second-order valence-electron chi connectivity index (χ2n) is 5.25. The topological polar surface area (TPSA) is 92.1 Å². The van der Waals surface area contributed by atoms with Gasteiger partial charge in [0.2, 0.25) is 0 Å². The number of rotatable bonds is 4. The van der Waals surface area contributed by atoms with E-state index in [2.05, 4.69) is 20.7 Å². The summed E-state index contributed by atoms with van der Waals surface area (Å²) in [5.41, 5.74) is 2.14. The van der Waals surface area contributed by atoms with Crippen LogP contribution in [0.2, 0.25) is 0 Å². The van der Waals surface area contributed by atoms with Crippen molar-refractivity contribution in [3.05, 3.63) is 41.9 Å². The summed E-state index contributed by atoms with van der Waals surface area (Å²) < 4.78 is 1.82. The minimum absolute atomic E-state index is 0.0556. The number of aliphatic hydroxyl groups is 1. The maximum atomic E-state index is 12.1. The molecular formula is C15H19N5O2. The van der Waals surface area contributed by atoms with E-state index >= 15 is 0 Å². The molecule has 0 aromatic carbocycles. The number of pyridine rings is 1. The normalized spacial score (nSPS) is 16.9. The number of nitrogens with zero attached hydrogens (tertiary/aromatic N) is 3. The largest absolute Gasteiger partial charge is 0.394 e. The molecule has 1 aliphatic rings. The van der Waals surface area contributed by atoms with Gasteiger partial charge in [-0.15, -0.1) is 0 Å². The van der Waals surface area contributed by atoms with Gasteiger partial charge in [0.25, 0.3) is 0 Å². The zero-order chi connectivity index (χ0) is 15.4. The highest BCUT2D eigenvalue weighted by atomic mass is 16.3. The fourth-order valence-electron chi connectivity index (χ4n) is 2.80. The van der Waals surface area contributed by atoms with Gasteiger partial charge in [-0.1, -0.05) is 6.07 Å². The third kappa shape index (κ3) is 3.09. The van der Waals surface area contributed by atoms with Crippen LogP contribution in [0.15, 0.2) is 30.6 Å². The van der Waals surface area contributed by atoms with Gasteiger partial charge < -0.3 is 10.4 Å². The Morgan fingerprint density at radius 2 is 2.36 bits per heavy atom. The molecule has 3 N–H and O–H groups in total. The van der Waals surface area contributed by atoms with Gasteiger partial charge in [-0.2, -0.15) is 5.10 Å². The van der Waals surface area contributed by atoms with Gasteiger partial charge in [-0.3, -0.25) is 10.00 Å². The van der Waals surface area contributed by atoms with Crippen LogP contribution in [0, 0.1) is 0 Å². The zero-order valence-electron chi connectivity index (χ0n) is 12.2. The van der Waals surface area contributed by atoms with E-state index < -0.39 is 0 Å². The van der Waals surface area contributed by atoms with Crippen LogP contribution in [0.5, 0.6) is 0 Å². The number of nitrogens with one attached hydrogen (secondary N) is 2. The van der Waals surface area contributed by atoms with E-state index in [0.717, 1.165) is 30.5 Å². The molecule has 116 valence electrons. The van der Waals surface area contributed by atoms with Crippen LogP contribution in [-0.2, 0) is 13.0 Å². The summed E-state index contributed by atoms with van der Waals surface area (Å²) in [6, 6.07) is 5.03. The number of urea groups is 1. The van der Waals surface area contributed by atoms with Crippen LogP contribution < -0.4 is 10.6 Å². The molecule has 0 saturated heterocycles. The molecule has 22 heavy (non-hydrogen) atoms. The average molecular weight is 301 g/mol. The molecule has 0 radical (unpaired) electrons. The second kappa shape index (κ2) is 6.57. The smallest absolute Gasteiger partial charge is 0.320 e. The summed E-state index contributed by atoms with van der Waals surface area (Å²) in [4.78, 5) is 16.2. The Hall–Kier alpha value is -2.41. The van der Waals surface area contributed by atoms with E-state index in [1.54, 1.807) is 24.5 Å². The number of aromatic nitrogens is 3. The molecule has 3 rings (SSSR count). The number of hydrogen-bond donors (Lipinski definition) is 3. The van der Waals surface area contributed by atoms with Gasteiger partial charge in [0.05, 0.1) is 25.4 Å². The summed E-state index contributed by atoms with van der Waals surface area (Å²) in [6.07, 6.45) is 6.21. The van der Waals surface area contributed by atoms with Crippen molar-refractivity contribution in [3.8, 4) is 0 Å². The van der Waals surface area contributed by atoms with Crippen LogP contribution in [0.4, 0.5) is 10.6 Å². The Morgan fingerprint density at radius 3 is 3.14 bits per heavy atom. The third-order valence-electron chi connectivity index (χ3n) is 3.79. The van der Waals surface area contributed by atoms with E-state index in [4.69, 9.17) is 5.11 Å². The number of carbonyl (C=O) groups is 1. The van der Waals surface area contributed by atoms with Crippen LogP contribution >= 0.6 is 0 Å². The van der Waals surface area contributed by atoms with E-state index in [0.29, 0.717) is 12.4 Å². The summed E-state index contributed by atoms with van der Waals surface area (Å²) in [5.74, 6) is 0.520. The van der Waals surface area contributed by atoms with Crippen molar-refractivity contribution in [1.82, 2.24) is 20.1 Å². The lowest BCUT2D eigenvalue weighted by Gasteiger charge is -2.24. The predicted octanol–water partition coefficient (Wildman–Crippen LogP) is 1.47. The zero-order valence-corrected chi connectivity index (χ0v) is 12.2. The lowest BCUT2D eigenvalue weighted by Crippen LogP contribution is -2.34. The molecular weight excluding hydrogens is 282 g/mol.